The Kier molecular flexibility index (Phi) is 6.06. The molecule has 30 heavy (non-hydrogen) atoms. The van der Waals surface area contributed by atoms with E-state index in [0.717, 1.165) is 4.90 Å². The van der Waals surface area contributed by atoms with Gasteiger partial charge in [0.05, 0.1) is 19.4 Å². The molecular weight excluding hydrogens is 410 g/mol. The van der Waals surface area contributed by atoms with E-state index in [9.17, 15) is 22.8 Å². The fraction of sp³-hybridized carbons (Fsp3) is 0.250. The summed E-state index contributed by atoms with van der Waals surface area (Å²) >= 11 is 0. The largest absolute Gasteiger partial charge is 0.497 e. The van der Waals surface area contributed by atoms with Crippen molar-refractivity contribution in [2.45, 2.75) is 5.75 Å². The van der Waals surface area contributed by atoms with Gasteiger partial charge in [0.2, 0.25) is 21.8 Å². The number of methoxy groups -OCH3 is 1. The average molecular weight is 431 g/mol. The van der Waals surface area contributed by atoms with Gasteiger partial charge in [-0.25, -0.2) is 12.7 Å². The van der Waals surface area contributed by atoms with Gasteiger partial charge in [0.15, 0.2) is 0 Å². The summed E-state index contributed by atoms with van der Waals surface area (Å²) in [6.45, 7) is -0.979. The Labute approximate surface area is 174 Å². The lowest BCUT2D eigenvalue weighted by Crippen LogP contribution is -2.48. The van der Waals surface area contributed by atoms with Gasteiger partial charge in [-0.2, -0.15) is 0 Å². The Morgan fingerprint density at radius 3 is 2.63 bits per heavy atom. The lowest BCUT2D eigenvalue weighted by atomic mass is 10.1. The van der Waals surface area contributed by atoms with Crippen molar-refractivity contribution in [2.24, 2.45) is 0 Å². The summed E-state index contributed by atoms with van der Waals surface area (Å²) in [5.74, 6) is -1.70. The maximum Gasteiger partial charge on any atom is 0.268 e. The van der Waals surface area contributed by atoms with Gasteiger partial charge >= 0.3 is 0 Å². The van der Waals surface area contributed by atoms with Crippen LogP contribution in [0.4, 0.5) is 5.69 Å². The number of ether oxygens (including phenoxy) is 1. The highest BCUT2D eigenvalue weighted by Crippen LogP contribution is 2.24. The molecule has 0 spiro atoms. The molecule has 0 aromatic heterocycles. The standard InChI is InChI=1S/C20H21N3O6S/c1-22(11-18(24)21-15-7-5-8-16(10-15)29-2)19(25)12-23-20(26)17-9-4-3-6-14(17)13-30(23,27)28/h3-10H,11-13H2,1-2H3,(H,21,24). The number of fused-ring (bicyclic) bond motifs is 1. The van der Waals surface area contributed by atoms with Crippen LogP contribution >= 0.6 is 0 Å². The maximum absolute atomic E-state index is 12.6. The number of benzene rings is 2. The highest BCUT2D eigenvalue weighted by Gasteiger charge is 2.37. The van der Waals surface area contributed by atoms with E-state index >= 15 is 0 Å². The van der Waals surface area contributed by atoms with Crippen LogP contribution in [0.25, 0.3) is 0 Å². The minimum Gasteiger partial charge on any atom is -0.497 e. The summed E-state index contributed by atoms with van der Waals surface area (Å²) in [6, 6.07) is 13.1. The molecule has 1 N–H and O–H groups in total. The molecular formula is C20H21N3O6S. The Hall–Kier alpha value is -3.40. The molecule has 0 saturated carbocycles. The first kappa shape index (κ1) is 21.3. The second-order valence-electron chi connectivity index (χ2n) is 6.76. The second-order valence-corrected chi connectivity index (χ2v) is 8.65. The van der Waals surface area contributed by atoms with E-state index in [4.69, 9.17) is 4.74 Å². The average Bonchev–Trinajstić information content (AvgIpc) is 2.70. The first-order chi connectivity index (χ1) is 14.2. The van der Waals surface area contributed by atoms with E-state index in [2.05, 4.69) is 5.32 Å². The molecule has 158 valence electrons. The number of carbonyl (C=O) groups is 3. The van der Waals surface area contributed by atoms with Crippen LogP contribution in [0.15, 0.2) is 48.5 Å². The highest BCUT2D eigenvalue weighted by atomic mass is 32.2. The molecule has 0 radical (unpaired) electrons. The Bertz CT molecular complexity index is 1100. The van der Waals surface area contributed by atoms with Crippen molar-refractivity contribution in [3.8, 4) is 5.75 Å². The van der Waals surface area contributed by atoms with Crippen molar-refractivity contribution < 1.29 is 27.5 Å². The predicted octanol–water partition coefficient (Wildman–Crippen LogP) is 1.08. The molecule has 0 atom stereocenters. The van der Waals surface area contributed by atoms with E-state index in [-0.39, 0.29) is 17.9 Å². The summed E-state index contributed by atoms with van der Waals surface area (Å²) in [6.07, 6.45) is 0. The van der Waals surface area contributed by atoms with Gasteiger partial charge in [-0.05, 0) is 23.8 Å². The van der Waals surface area contributed by atoms with Crippen molar-refractivity contribution in [3.05, 3.63) is 59.7 Å². The molecule has 0 bridgehead atoms. The zero-order chi connectivity index (χ0) is 21.9. The van der Waals surface area contributed by atoms with Crippen LogP contribution < -0.4 is 10.1 Å². The third-order valence-corrected chi connectivity index (χ3v) is 6.23. The summed E-state index contributed by atoms with van der Waals surface area (Å²) in [5.41, 5.74) is 1.14. The number of nitrogens with zero attached hydrogens (tertiary/aromatic N) is 2. The van der Waals surface area contributed by atoms with Crippen LogP contribution in [-0.4, -0.2) is 62.6 Å². The summed E-state index contributed by atoms with van der Waals surface area (Å²) in [7, 11) is -1.11. The number of likely N-dealkylation sites (N-methyl/N-ethyl adjacent to an activating group) is 1. The topological polar surface area (TPSA) is 113 Å². The Balaban J connectivity index is 1.65. The molecule has 10 heteroatoms. The van der Waals surface area contributed by atoms with Crippen molar-refractivity contribution in [2.75, 3.05) is 32.6 Å². The molecule has 0 saturated heterocycles. The zero-order valence-electron chi connectivity index (χ0n) is 16.5. The van der Waals surface area contributed by atoms with Crippen molar-refractivity contribution in [3.63, 3.8) is 0 Å². The molecule has 2 aromatic carbocycles. The van der Waals surface area contributed by atoms with Crippen LogP contribution in [0.3, 0.4) is 0 Å². The SMILES string of the molecule is COc1cccc(NC(=O)CN(C)C(=O)CN2C(=O)c3ccccc3CS2(=O)=O)c1. The lowest BCUT2D eigenvalue weighted by molar-refractivity contribution is -0.133. The van der Waals surface area contributed by atoms with Crippen LogP contribution in [0.5, 0.6) is 5.75 Å². The number of sulfonamides is 1. The maximum atomic E-state index is 12.6. The quantitative estimate of drug-likeness (QED) is 0.732. The van der Waals surface area contributed by atoms with Crippen LogP contribution in [0.1, 0.15) is 15.9 Å². The third-order valence-electron chi connectivity index (χ3n) is 4.59. The molecule has 0 unspecified atom stereocenters. The molecule has 1 aliphatic rings. The van der Waals surface area contributed by atoms with Crippen molar-refractivity contribution in [1.82, 2.24) is 9.21 Å². The van der Waals surface area contributed by atoms with Crippen LogP contribution in [0, 0.1) is 0 Å². The van der Waals surface area contributed by atoms with Gasteiger partial charge in [-0.15, -0.1) is 0 Å². The molecule has 0 fully saturated rings. The Morgan fingerprint density at radius 1 is 1.17 bits per heavy atom. The van der Waals surface area contributed by atoms with Gasteiger partial charge < -0.3 is 15.0 Å². The van der Waals surface area contributed by atoms with Crippen molar-refractivity contribution >= 4 is 33.4 Å². The molecule has 0 aliphatic carbocycles. The summed E-state index contributed by atoms with van der Waals surface area (Å²) in [4.78, 5) is 38.4. The van der Waals surface area contributed by atoms with Gasteiger partial charge in [0.25, 0.3) is 5.91 Å². The van der Waals surface area contributed by atoms with Gasteiger partial charge in [-0.1, -0.05) is 24.3 Å². The van der Waals surface area contributed by atoms with E-state index in [1.807, 2.05) is 0 Å². The van der Waals surface area contributed by atoms with Gasteiger partial charge in [-0.3, -0.25) is 14.4 Å². The van der Waals surface area contributed by atoms with Gasteiger partial charge in [0, 0.05) is 24.4 Å². The van der Waals surface area contributed by atoms with E-state index in [0.29, 0.717) is 21.3 Å². The molecule has 3 amide bonds. The number of nitrogens with one attached hydrogen (secondary N) is 1. The number of anilines is 1. The molecule has 3 rings (SSSR count). The summed E-state index contributed by atoms with van der Waals surface area (Å²) < 4.78 is 30.6. The van der Waals surface area contributed by atoms with Crippen molar-refractivity contribution in [1.29, 1.82) is 0 Å². The monoisotopic (exact) mass is 431 g/mol. The van der Waals surface area contributed by atoms with Crippen LogP contribution in [-0.2, 0) is 25.4 Å². The smallest absolute Gasteiger partial charge is 0.268 e. The first-order valence-corrected chi connectivity index (χ1v) is 10.6. The predicted molar refractivity (Wildman–Crippen MR) is 109 cm³/mol. The van der Waals surface area contributed by atoms with Gasteiger partial charge in [0.1, 0.15) is 12.3 Å². The second kappa shape index (κ2) is 8.54. The number of hydrogen-bond donors (Lipinski definition) is 1. The first-order valence-electron chi connectivity index (χ1n) is 9.02. The molecule has 9 nitrogen and oxygen atoms in total. The zero-order valence-corrected chi connectivity index (χ0v) is 17.3. The number of carbonyl (C=O) groups excluding carboxylic acids is 3. The molecule has 1 heterocycles. The van der Waals surface area contributed by atoms with E-state index in [1.54, 1.807) is 42.5 Å². The third kappa shape index (κ3) is 4.60. The lowest BCUT2D eigenvalue weighted by Gasteiger charge is -2.29. The molecule has 1 aliphatic heterocycles. The minimum absolute atomic E-state index is 0.249. The summed E-state index contributed by atoms with van der Waals surface area (Å²) in [5, 5.41) is 2.63. The normalized spacial score (nSPS) is 14.6. The fourth-order valence-corrected chi connectivity index (χ4v) is 4.47. The Morgan fingerprint density at radius 2 is 1.90 bits per heavy atom. The van der Waals surface area contributed by atoms with Crippen LogP contribution in [0.2, 0.25) is 0 Å². The van der Waals surface area contributed by atoms with E-state index < -0.39 is 34.3 Å². The number of amides is 3. The fourth-order valence-electron chi connectivity index (χ4n) is 3.01. The number of hydrogen-bond acceptors (Lipinski definition) is 6. The minimum atomic E-state index is -3.98. The number of rotatable bonds is 6. The highest BCUT2D eigenvalue weighted by molar-refractivity contribution is 7.89. The van der Waals surface area contributed by atoms with E-state index in [1.165, 1.54) is 20.2 Å². The molecule has 2 aromatic rings.